The molecule has 3 amide bonds. The Labute approximate surface area is 137 Å². The fraction of sp³-hybridized carbons (Fsp3) is 0.667. The average molecular weight is 346 g/mol. The van der Waals surface area contributed by atoms with E-state index in [2.05, 4.69) is 20.8 Å². The summed E-state index contributed by atoms with van der Waals surface area (Å²) in [5.74, 6) is -0.928. The van der Waals surface area contributed by atoms with Crippen molar-refractivity contribution < 1.29 is 29.3 Å². The van der Waals surface area contributed by atoms with Gasteiger partial charge in [-0.05, 0) is 6.92 Å². The summed E-state index contributed by atoms with van der Waals surface area (Å²) in [6.07, 6.45) is -1.32. The number of aliphatic hydroxyl groups is 3. The SMILES string of the molecule is CC(O)C(CO)NC(=O)NC(CC(N)=O)c1nnc(C(N)CO)o1. The summed E-state index contributed by atoms with van der Waals surface area (Å²) in [5, 5.41) is 39.4. The summed E-state index contributed by atoms with van der Waals surface area (Å²) >= 11 is 0. The second-order valence-corrected chi connectivity index (χ2v) is 5.14. The zero-order valence-corrected chi connectivity index (χ0v) is 13.0. The van der Waals surface area contributed by atoms with Crippen molar-refractivity contribution in [1.82, 2.24) is 20.8 Å². The van der Waals surface area contributed by atoms with E-state index in [1.807, 2.05) is 0 Å². The van der Waals surface area contributed by atoms with E-state index in [4.69, 9.17) is 26.1 Å². The van der Waals surface area contributed by atoms with E-state index in [1.165, 1.54) is 6.92 Å². The third-order valence-corrected chi connectivity index (χ3v) is 3.07. The Kier molecular flexibility index (Phi) is 7.51. The fourth-order valence-electron chi connectivity index (χ4n) is 1.70. The van der Waals surface area contributed by atoms with Crippen molar-refractivity contribution in [2.24, 2.45) is 11.5 Å². The summed E-state index contributed by atoms with van der Waals surface area (Å²) in [6, 6.07) is -3.63. The number of primary amides is 1. The number of amides is 3. The summed E-state index contributed by atoms with van der Waals surface area (Å²) in [4.78, 5) is 23.1. The van der Waals surface area contributed by atoms with E-state index >= 15 is 0 Å². The van der Waals surface area contributed by atoms with Gasteiger partial charge in [-0.15, -0.1) is 10.2 Å². The predicted octanol–water partition coefficient (Wildman–Crippen LogP) is -2.98. The third kappa shape index (κ3) is 5.73. The minimum Gasteiger partial charge on any atom is -0.421 e. The van der Waals surface area contributed by atoms with Crippen LogP contribution in [-0.2, 0) is 4.79 Å². The van der Waals surface area contributed by atoms with Gasteiger partial charge in [0.25, 0.3) is 0 Å². The summed E-state index contributed by atoms with van der Waals surface area (Å²) < 4.78 is 5.22. The molecule has 136 valence electrons. The Morgan fingerprint density at radius 2 is 1.83 bits per heavy atom. The van der Waals surface area contributed by atoms with Crippen molar-refractivity contribution in [3.05, 3.63) is 11.8 Å². The van der Waals surface area contributed by atoms with Gasteiger partial charge in [-0.3, -0.25) is 4.79 Å². The van der Waals surface area contributed by atoms with Crippen molar-refractivity contribution in [2.45, 2.75) is 37.6 Å². The normalized spacial score (nSPS) is 16.0. The van der Waals surface area contributed by atoms with Gasteiger partial charge >= 0.3 is 6.03 Å². The molecule has 0 bridgehead atoms. The Bertz CT molecular complexity index is 550. The van der Waals surface area contributed by atoms with Crippen molar-refractivity contribution in [3.8, 4) is 0 Å². The van der Waals surface area contributed by atoms with Gasteiger partial charge < -0.3 is 41.8 Å². The number of carbonyl (C=O) groups excluding carboxylic acids is 2. The standard InChI is InChI=1S/C12H22N6O6/c1-5(21)8(4-20)16-12(23)15-7(2-9(14)22)11-18-17-10(24-11)6(13)3-19/h5-8,19-21H,2-4,13H2,1H3,(H2,14,22)(H2,15,16,23). The molecular weight excluding hydrogens is 324 g/mol. The molecule has 0 fully saturated rings. The van der Waals surface area contributed by atoms with E-state index in [-0.39, 0.29) is 18.2 Å². The van der Waals surface area contributed by atoms with Crippen LogP contribution < -0.4 is 22.1 Å². The van der Waals surface area contributed by atoms with Crippen LogP contribution in [0.5, 0.6) is 0 Å². The number of nitrogens with one attached hydrogen (secondary N) is 2. The van der Waals surface area contributed by atoms with Crippen molar-refractivity contribution in [1.29, 1.82) is 0 Å². The Hall–Kier alpha value is -2.28. The highest BCUT2D eigenvalue weighted by atomic mass is 16.4. The lowest BCUT2D eigenvalue weighted by Gasteiger charge is -2.21. The highest BCUT2D eigenvalue weighted by molar-refractivity contribution is 5.78. The smallest absolute Gasteiger partial charge is 0.315 e. The van der Waals surface area contributed by atoms with Gasteiger partial charge in [0.1, 0.15) is 12.1 Å². The van der Waals surface area contributed by atoms with Gasteiger partial charge in [-0.2, -0.15) is 0 Å². The summed E-state index contributed by atoms with van der Waals surface area (Å²) in [6.45, 7) is 0.479. The quantitative estimate of drug-likeness (QED) is 0.243. The number of aromatic nitrogens is 2. The molecule has 9 N–H and O–H groups in total. The van der Waals surface area contributed by atoms with Crippen LogP contribution in [0.15, 0.2) is 4.42 Å². The Morgan fingerprint density at radius 3 is 2.33 bits per heavy atom. The first kappa shape index (κ1) is 19.8. The molecule has 0 saturated carbocycles. The molecule has 0 aliphatic heterocycles. The molecule has 4 unspecified atom stereocenters. The van der Waals surface area contributed by atoms with Gasteiger partial charge in [0.15, 0.2) is 0 Å². The van der Waals surface area contributed by atoms with Gasteiger partial charge in [-0.1, -0.05) is 0 Å². The molecule has 0 radical (unpaired) electrons. The molecular formula is C12H22N6O6. The van der Waals surface area contributed by atoms with Gasteiger partial charge in [0.2, 0.25) is 17.7 Å². The lowest BCUT2D eigenvalue weighted by molar-refractivity contribution is -0.118. The van der Waals surface area contributed by atoms with Crippen molar-refractivity contribution in [3.63, 3.8) is 0 Å². The number of aliphatic hydroxyl groups excluding tert-OH is 3. The molecule has 0 aliphatic rings. The van der Waals surface area contributed by atoms with E-state index < -0.39 is 49.4 Å². The minimum atomic E-state index is -1.04. The Balaban J connectivity index is 2.83. The molecule has 1 aromatic heterocycles. The lowest BCUT2D eigenvalue weighted by atomic mass is 10.2. The molecule has 4 atom stereocenters. The first-order chi connectivity index (χ1) is 11.3. The van der Waals surface area contributed by atoms with Gasteiger partial charge in [-0.25, -0.2) is 4.79 Å². The van der Waals surface area contributed by atoms with Crippen LogP contribution >= 0.6 is 0 Å². The molecule has 0 aromatic carbocycles. The molecule has 12 heteroatoms. The number of nitrogens with zero attached hydrogens (tertiary/aromatic N) is 2. The van der Waals surface area contributed by atoms with Crippen LogP contribution in [0.1, 0.15) is 37.2 Å². The summed E-state index contributed by atoms with van der Waals surface area (Å²) in [5.41, 5.74) is 10.7. The van der Waals surface area contributed by atoms with Crippen LogP contribution in [0.4, 0.5) is 4.79 Å². The Morgan fingerprint density at radius 1 is 1.21 bits per heavy atom. The fourth-order valence-corrected chi connectivity index (χ4v) is 1.70. The van der Waals surface area contributed by atoms with Gasteiger partial charge in [0, 0.05) is 0 Å². The molecule has 24 heavy (non-hydrogen) atoms. The predicted molar refractivity (Wildman–Crippen MR) is 79.1 cm³/mol. The number of rotatable bonds is 9. The van der Waals surface area contributed by atoms with Crippen LogP contribution in [0, 0.1) is 0 Å². The van der Waals surface area contributed by atoms with Gasteiger partial charge in [0.05, 0.1) is 31.8 Å². The highest BCUT2D eigenvalue weighted by Crippen LogP contribution is 2.17. The molecule has 1 heterocycles. The molecule has 0 spiro atoms. The third-order valence-electron chi connectivity index (χ3n) is 3.07. The average Bonchev–Trinajstić information content (AvgIpc) is 3.00. The van der Waals surface area contributed by atoms with E-state index in [0.29, 0.717) is 0 Å². The first-order valence-corrected chi connectivity index (χ1v) is 7.12. The van der Waals surface area contributed by atoms with Crippen LogP contribution in [-0.4, -0.2) is 62.8 Å². The number of urea groups is 1. The maximum Gasteiger partial charge on any atom is 0.315 e. The topological polar surface area (TPSA) is 210 Å². The maximum atomic E-state index is 11.9. The highest BCUT2D eigenvalue weighted by Gasteiger charge is 2.26. The zero-order chi connectivity index (χ0) is 18.3. The van der Waals surface area contributed by atoms with E-state index in [9.17, 15) is 14.7 Å². The van der Waals surface area contributed by atoms with Crippen molar-refractivity contribution in [2.75, 3.05) is 13.2 Å². The molecule has 1 aromatic rings. The van der Waals surface area contributed by atoms with Crippen LogP contribution in [0.25, 0.3) is 0 Å². The second kappa shape index (κ2) is 9.12. The lowest BCUT2D eigenvalue weighted by Crippen LogP contribution is -2.49. The van der Waals surface area contributed by atoms with Crippen LogP contribution in [0.2, 0.25) is 0 Å². The largest absolute Gasteiger partial charge is 0.421 e. The second-order valence-electron chi connectivity index (χ2n) is 5.14. The van der Waals surface area contributed by atoms with Crippen LogP contribution in [0.3, 0.4) is 0 Å². The van der Waals surface area contributed by atoms with Crippen molar-refractivity contribution >= 4 is 11.9 Å². The molecule has 0 saturated heterocycles. The molecule has 0 aliphatic carbocycles. The zero-order valence-electron chi connectivity index (χ0n) is 13.0. The molecule has 12 nitrogen and oxygen atoms in total. The monoisotopic (exact) mass is 346 g/mol. The number of hydrogen-bond acceptors (Lipinski definition) is 9. The molecule has 1 rings (SSSR count). The number of carbonyl (C=O) groups is 2. The number of nitrogens with two attached hydrogens (primary N) is 2. The van der Waals surface area contributed by atoms with E-state index in [1.54, 1.807) is 0 Å². The maximum absolute atomic E-state index is 11.9. The summed E-state index contributed by atoms with van der Waals surface area (Å²) in [7, 11) is 0. The number of hydrogen-bond donors (Lipinski definition) is 7. The first-order valence-electron chi connectivity index (χ1n) is 7.12. The van der Waals surface area contributed by atoms with E-state index in [0.717, 1.165) is 0 Å². The minimum absolute atomic E-state index is 0.0682.